The molecule has 4 nitrogen and oxygen atoms in total. The van der Waals surface area contributed by atoms with E-state index >= 15 is 0 Å². The average Bonchev–Trinajstić information content (AvgIpc) is 2.83. The van der Waals surface area contributed by atoms with Crippen molar-refractivity contribution in [2.45, 2.75) is 51.4 Å². The summed E-state index contributed by atoms with van der Waals surface area (Å²) in [5.74, 6) is -0.481. The van der Waals surface area contributed by atoms with Crippen LogP contribution in [0.5, 0.6) is 0 Å². The quantitative estimate of drug-likeness (QED) is 0.692. The Balaban J connectivity index is 1.69. The first-order chi connectivity index (χ1) is 7.57. The van der Waals surface area contributed by atoms with Crippen LogP contribution in [0.2, 0.25) is 0 Å². The maximum Gasteiger partial charge on any atom is 0.309 e. The number of carbonyl (C=O) groups is 1. The van der Waals surface area contributed by atoms with Crippen LogP contribution < -0.4 is 0 Å². The highest BCUT2D eigenvalue weighted by Crippen LogP contribution is 2.27. The molecule has 1 saturated heterocycles. The molecule has 1 aliphatic carbocycles. The highest BCUT2D eigenvalue weighted by atomic mass is 16.7. The van der Waals surface area contributed by atoms with Gasteiger partial charge in [0.25, 0.3) is 0 Å². The molecule has 2 rings (SSSR count). The summed E-state index contributed by atoms with van der Waals surface area (Å²) in [6.07, 6.45) is 4.14. The van der Waals surface area contributed by atoms with E-state index in [1.54, 1.807) is 0 Å². The zero-order valence-electron chi connectivity index (χ0n) is 10.0. The molecule has 0 radical (unpaired) electrons. The Kier molecular flexibility index (Phi) is 3.50. The van der Waals surface area contributed by atoms with E-state index in [0.29, 0.717) is 13.2 Å². The van der Waals surface area contributed by atoms with Crippen molar-refractivity contribution >= 4 is 5.97 Å². The Morgan fingerprint density at radius 3 is 2.62 bits per heavy atom. The van der Waals surface area contributed by atoms with Crippen molar-refractivity contribution in [2.24, 2.45) is 5.92 Å². The highest BCUT2D eigenvalue weighted by Gasteiger charge is 2.34. The first-order valence-electron chi connectivity index (χ1n) is 6.05. The van der Waals surface area contributed by atoms with Crippen LogP contribution in [-0.4, -0.2) is 31.1 Å². The first kappa shape index (κ1) is 11.9. The molecule has 0 N–H and O–H groups in total. The fourth-order valence-electron chi connectivity index (χ4n) is 2.30. The van der Waals surface area contributed by atoms with Crippen LogP contribution in [0, 0.1) is 5.92 Å². The number of hydrogen-bond acceptors (Lipinski definition) is 4. The van der Waals surface area contributed by atoms with E-state index in [2.05, 4.69) is 0 Å². The Labute approximate surface area is 96.2 Å². The molecule has 0 amide bonds. The molecule has 1 atom stereocenters. The average molecular weight is 228 g/mol. The van der Waals surface area contributed by atoms with Gasteiger partial charge in [-0.05, 0) is 26.7 Å². The molecule has 0 bridgehead atoms. The molecule has 1 heterocycles. The lowest BCUT2D eigenvalue weighted by molar-refractivity contribution is -0.161. The third kappa shape index (κ3) is 2.95. The second kappa shape index (κ2) is 4.72. The molecule has 4 heteroatoms. The summed E-state index contributed by atoms with van der Waals surface area (Å²) in [6, 6.07) is 0. The van der Waals surface area contributed by atoms with Crippen molar-refractivity contribution < 1.29 is 19.0 Å². The molecule has 0 aromatic heterocycles. The molecule has 2 aliphatic rings. The van der Waals surface area contributed by atoms with Crippen molar-refractivity contribution in [3.05, 3.63) is 0 Å². The minimum Gasteiger partial charge on any atom is -0.463 e. The van der Waals surface area contributed by atoms with Crippen LogP contribution in [0.25, 0.3) is 0 Å². The predicted octanol–water partition coefficient (Wildman–Crippen LogP) is 1.87. The van der Waals surface area contributed by atoms with E-state index in [1.165, 1.54) is 0 Å². The molecule has 1 saturated carbocycles. The van der Waals surface area contributed by atoms with Crippen LogP contribution in [0.3, 0.4) is 0 Å². The fourth-order valence-corrected chi connectivity index (χ4v) is 2.30. The smallest absolute Gasteiger partial charge is 0.309 e. The molecule has 0 aromatic carbocycles. The van der Waals surface area contributed by atoms with E-state index in [0.717, 1.165) is 25.7 Å². The maximum absolute atomic E-state index is 11.6. The third-order valence-electron chi connectivity index (χ3n) is 3.17. The van der Waals surface area contributed by atoms with Gasteiger partial charge in [-0.2, -0.15) is 0 Å². The predicted molar refractivity (Wildman–Crippen MR) is 57.8 cm³/mol. The second-order valence-electron chi connectivity index (χ2n) is 5.06. The SMILES string of the molecule is CC1(C)OC[C@@H](COC(=O)C2CCCC2)O1. The third-order valence-corrected chi connectivity index (χ3v) is 3.17. The number of carbonyl (C=O) groups excluding carboxylic acids is 1. The summed E-state index contributed by atoms with van der Waals surface area (Å²) in [6.45, 7) is 4.56. The number of hydrogen-bond donors (Lipinski definition) is 0. The van der Waals surface area contributed by atoms with E-state index in [1.807, 2.05) is 13.8 Å². The molecular weight excluding hydrogens is 208 g/mol. The van der Waals surface area contributed by atoms with Gasteiger partial charge >= 0.3 is 5.97 Å². The van der Waals surface area contributed by atoms with Crippen LogP contribution in [-0.2, 0) is 19.0 Å². The minimum absolute atomic E-state index is 0.0641. The largest absolute Gasteiger partial charge is 0.463 e. The van der Waals surface area contributed by atoms with Crippen LogP contribution >= 0.6 is 0 Å². The van der Waals surface area contributed by atoms with Crippen LogP contribution in [0.4, 0.5) is 0 Å². The summed E-state index contributed by atoms with van der Waals surface area (Å²) in [7, 11) is 0. The molecule has 1 aliphatic heterocycles. The van der Waals surface area contributed by atoms with E-state index in [9.17, 15) is 4.79 Å². The molecule has 92 valence electrons. The van der Waals surface area contributed by atoms with E-state index in [-0.39, 0.29) is 18.0 Å². The summed E-state index contributed by atoms with van der Waals surface area (Å²) < 4.78 is 16.2. The summed E-state index contributed by atoms with van der Waals surface area (Å²) in [5.41, 5.74) is 0. The van der Waals surface area contributed by atoms with Crippen molar-refractivity contribution in [1.29, 1.82) is 0 Å². The van der Waals surface area contributed by atoms with Crippen molar-refractivity contribution in [3.63, 3.8) is 0 Å². The first-order valence-corrected chi connectivity index (χ1v) is 6.05. The van der Waals surface area contributed by atoms with Gasteiger partial charge < -0.3 is 14.2 Å². The lowest BCUT2D eigenvalue weighted by Crippen LogP contribution is -2.26. The molecule has 0 aromatic rings. The van der Waals surface area contributed by atoms with Gasteiger partial charge in [-0.15, -0.1) is 0 Å². The van der Waals surface area contributed by atoms with Gasteiger partial charge in [-0.1, -0.05) is 12.8 Å². The highest BCUT2D eigenvalue weighted by molar-refractivity contribution is 5.72. The lowest BCUT2D eigenvalue weighted by Gasteiger charge is -2.17. The van der Waals surface area contributed by atoms with E-state index < -0.39 is 5.79 Å². The monoisotopic (exact) mass is 228 g/mol. The van der Waals surface area contributed by atoms with Gasteiger partial charge in [0, 0.05) is 0 Å². The fraction of sp³-hybridized carbons (Fsp3) is 0.917. The van der Waals surface area contributed by atoms with Gasteiger partial charge in [0.15, 0.2) is 5.79 Å². The zero-order valence-corrected chi connectivity index (χ0v) is 10.0. The van der Waals surface area contributed by atoms with Gasteiger partial charge in [-0.3, -0.25) is 4.79 Å². The van der Waals surface area contributed by atoms with Crippen LogP contribution in [0.1, 0.15) is 39.5 Å². The minimum atomic E-state index is -0.537. The number of rotatable bonds is 3. The Morgan fingerprint density at radius 2 is 2.06 bits per heavy atom. The van der Waals surface area contributed by atoms with E-state index in [4.69, 9.17) is 14.2 Å². The molecule has 16 heavy (non-hydrogen) atoms. The summed E-state index contributed by atoms with van der Waals surface area (Å²) in [4.78, 5) is 11.6. The molecule has 0 unspecified atom stereocenters. The Bertz CT molecular complexity index is 256. The number of ether oxygens (including phenoxy) is 3. The van der Waals surface area contributed by atoms with Crippen molar-refractivity contribution in [1.82, 2.24) is 0 Å². The zero-order chi connectivity index (χ0) is 11.6. The number of esters is 1. The van der Waals surface area contributed by atoms with Gasteiger partial charge in [-0.25, -0.2) is 0 Å². The maximum atomic E-state index is 11.6. The molecular formula is C12H20O4. The standard InChI is InChI=1S/C12H20O4/c1-12(2)15-8-10(16-12)7-14-11(13)9-5-3-4-6-9/h9-10H,3-8H2,1-2H3/t10-/m1/s1. The van der Waals surface area contributed by atoms with Gasteiger partial charge in [0.1, 0.15) is 12.7 Å². The summed E-state index contributed by atoms with van der Waals surface area (Å²) in [5, 5.41) is 0. The second-order valence-corrected chi connectivity index (χ2v) is 5.06. The Hall–Kier alpha value is -0.610. The lowest BCUT2D eigenvalue weighted by atomic mass is 10.1. The van der Waals surface area contributed by atoms with Gasteiger partial charge in [0.05, 0.1) is 12.5 Å². The van der Waals surface area contributed by atoms with Crippen LogP contribution in [0.15, 0.2) is 0 Å². The molecule has 2 fully saturated rings. The topological polar surface area (TPSA) is 44.8 Å². The van der Waals surface area contributed by atoms with Crippen molar-refractivity contribution in [2.75, 3.05) is 13.2 Å². The molecule has 0 spiro atoms. The van der Waals surface area contributed by atoms with Gasteiger partial charge in [0.2, 0.25) is 0 Å². The van der Waals surface area contributed by atoms with Crippen molar-refractivity contribution in [3.8, 4) is 0 Å². The Morgan fingerprint density at radius 1 is 1.38 bits per heavy atom. The summed E-state index contributed by atoms with van der Waals surface area (Å²) >= 11 is 0. The normalized spacial score (nSPS) is 29.5.